The van der Waals surface area contributed by atoms with Crippen molar-refractivity contribution >= 4 is 5.97 Å². The Balaban J connectivity index is 2.29. The Labute approximate surface area is 110 Å². The second-order valence-corrected chi connectivity index (χ2v) is 5.15. The van der Waals surface area contributed by atoms with E-state index in [-0.39, 0.29) is 0 Å². The lowest BCUT2D eigenvalue weighted by atomic mass is 9.90. The molecule has 2 N–H and O–H groups in total. The highest BCUT2D eigenvalue weighted by Gasteiger charge is 2.35. The number of carboxylic acid groups (broad SMARTS) is 1. The van der Waals surface area contributed by atoms with Crippen LogP contribution in [0.5, 0.6) is 0 Å². The van der Waals surface area contributed by atoms with Crippen molar-refractivity contribution in [3.8, 4) is 0 Å². The SMILES string of the molecule is CCNC(CC)(CCCOC1CCCC1)C(=O)O. The van der Waals surface area contributed by atoms with E-state index in [9.17, 15) is 9.90 Å². The van der Waals surface area contributed by atoms with Crippen LogP contribution in [0.1, 0.15) is 58.8 Å². The highest BCUT2D eigenvalue weighted by molar-refractivity contribution is 5.78. The third-order valence-corrected chi connectivity index (χ3v) is 3.93. The average molecular weight is 257 g/mol. The summed E-state index contributed by atoms with van der Waals surface area (Å²) in [5.41, 5.74) is -0.770. The minimum absolute atomic E-state index is 0.421. The smallest absolute Gasteiger partial charge is 0.323 e. The molecule has 1 fully saturated rings. The molecule has 106 valence electrons. The maximum absolute atomic E-state index is 11.4. The van der Waals surface area contributed by atoms with Gasteiger partial charge in [-0.2, -0.15) is 0 Å². The topological polar surface area (TPSA) is 58.6 Å². The molecule has 0 radical (unpaired) electrons. The van der Waals surface area contributed by atoms with E-state index in [0.29, 0.717) is 32.1 Å². The van der Waals surface area contributed by atoms with E-state index in [0.717, 1.165) is 6.42 Å². The van der Waals surface area contributed by atoms with Crippen LogP contribution in [0.2, 0.25) is 0 Å². The molecule has 0 spiro atoms. The second-order valence-electron chi connectivity index (χ2n) is 5.15. The number of carboxylic acids is 1. The summed E-state index contributed by atoms with van der Waals surface area (Å²) in [5.74, 6) is -0.743. The number of carbonyl (C=O) groups is 1. The first kappa shape index (κ1) is 15.4. The van der Waals surface area contributed by atoms with Gasteiger partial charge in [-0.1, -0.05) is 26.7 Å². The summed E-state index contributed by atoms with van der Waals surface area (Å²) in [6.07, 6.45) is 7.37. The molecule has 1 unspecified atom stereocenters. The predicted octanol–water partition coefficient (Wildman–Crippen LogP) is 2.57. The highest BCUT2D eigenvalue weighted by atomic mass is 16.5. The van der Waals surface area contributed by atoms with Gasteiger partial charge in [0.1, 0.15) is 5.54 Å². The molecule has 1 aliphatic rings. The molecule has 1 saturated carbocycles. The highest BCUT2D eigenvalue weighted by Crippen LogP contribution is 2.22. The maximum atomic E-state index is 11.4. The van der Waals surface area contributed by atoms with E-state index in [1.165, 1.54) is 25.7 Å². The molecule has 0 bridgehead atoms. The molecule has 1 atom stereocenters. The Bertz CT molecular complexity index is 251. The van der Waals surface area contributed by atoms with Crippen molar-refractivity contribution in [1.82, 2.24) is 5.32 Å². The number of aliphatic carboxylic acids is 1. The van der Waals surface area contributed by atoms with Crippen LogP contribution in [0.25, 0.3) is 0 Å². The standard InChI is InChI=1S/C14H27NO3/c1-3-14(13(16)17,15-4-2)10-7-11-18-12-8-5-6-9-12/h12,15H,3-11H2,1-2H3,(H,16,17). The van der Waals surface area contributed by atoms with Crippen LogP contribution in [-0.2, 0) is 9.53 Å². The van der Waals surface area contributed by atoms with Gasteiger partial charge in [0.05, 0.1) is 6.10 Å². The number of nitrogens with one attached hydrogen (secondary N) is 1. The number of ether oxygens (including phenoxy) is 1. The molecule has 0 aromatic carbocycles. The summed E-state index contributed by atoms with van der Waals surface area (Å²) in [7, 11) is 0. The van der Waals surface area contributed by atoms with Crippen LogP contribution in [0.3, 0.4) is 0 Å². The van der Waals surface area contributed by atoms with Gasteiger partial charge in [0.2, 0.25) is 0 Å². The van der Waals surface area contributed by atoms with Crippen molar-refractivity contribution in [2.75, 3.05) is 13.2 Å². The molecule has 0 aromatic heterocycles. The maximum Gasteiger partial charge on any atom is 0.323 e. The molecular weight excluding hydrogens is 230 g/mol. The first-order valence-electron chi connectivity index (χ1n) is 7.24. The summed E-state index contributed by atoms with van der Waals surface area (Å²) in [6.45, 7) is 5.24. The lowest BCUT2D eigenvalue weighted by Crippen LogP contribution is -2.51. The van der Waals surface area contributed by atoms with Crippen molar-refractivity contribution in [1.29, 1.82) is 0 Å². The zero-order valence-corrected chi connectivity index (χ0v) is 11.7. The fraction of sp³-hybridized carbons (Fsp3) is 0.929. The Hall–Kier alpha value is -0.610. The van der Waals surface area contributed by atoms with Crippen LogP contribution in [-0.4, -0.2) is 35.9 Å². The molecule has 1 aliphatic carbocycles. The Morgan fingerprint density at radius 2 is 2.06 bits per heavy atom. The van der Waals surface area contributed by atoms with Gasteiger partial charge in [0.15, 0.2) is 0 Å². The summed E-state index contributed by atoms with van der Waals surface area (Å²) in [5, 5.41) is 12.5. The lowest BCUT2D eigenvalue weighted by Gasteiger charge is -2.29. The molecule has 1 rings (SSSR count). The normalized spacial score (nSPS) is 19.9. The van der Waals surface area contributed by atoms with E-state index in [4.69, 9.17) is 4.74 Å². The summed E-state index contributed by atoms with van der Waals surface area (Å²) in [6, 6.07) is 0. The largest absolute Gasteiger partial charge is 0.480 e. The van der Waals surface area contributed by atoms with Crippen LogP contribution in [0.4, 0.5) is 0 Å². The second kappa shape index (κ2) is 7.74. The van der Waals surface area contributed by atoms with Gasteiger partial charge in [-0.3, -0.25) is 4.79 Å². The molecule has 0 heterocycles. The summed E-state index contributed by atoms with van der Waals surface area (Å²) >= 11 is 0. The summed E-state index contributed by atoms with van der Waals surface area (Å²) < 4.78 is 5.78. The minimum Gasteiger partial charge on any atom is -0.480 e. The van der Waals surface area contributed by atoms with Gasteiger partial charge in [0, 0.05) is 6.61 Å². The quantitative estimate of drug-likeness (QED) is 0.623. The fourth-order valence-corrected chi connectivity index (χ4v) is 2.74. The number of rotatable bonds is 9. The monoisotopic (exact) mass is 257 g/mol. The first-order chi connectivity index (χ1) is 8.64. The predicted molar refractivity (Wildman–Crippen MR) is 71.8 cm³/mol. The summed E-state index contributed by atoms with van der Waals surface area (Å²) in [4.78, 5) is 11.4. The third kappa shape index (κ3) is 4.25. The minimum atomic E-state index is -0.770. The molecule has 0 saturated heterocycles. The zero-order chi connectivity index (χ0) is 13.4. The van der Waals surface area contributed by atoms with E-state index in [1.54, 1.807) is 0 Å². The van der Waals surface area contributed by atoms with Gasteiger partial charge in [0.25, 0.3) is 0 Å². The number of likely N-dealkylation sites (N-methyl/N-ethyl adjacent to an activating group) is 1. The van der Waals surface area contributed by atoms with Crippen molar-refractivity contribution in [2.24, 2.45) is 0 Å². The zero-order valence-electron chi connectivity index (χ0n) is 11.7. The van der Waals surface area contributed by atoms with E-state index in [1.807, 2.05) is 13.8 Å². The molecule has 0 aliphatic heterocycles. The Morgan fingerprint density at radius 3 is 2.56 bits per heavy atom. The van der Waals surface area contributed by atoms with Gasteiger partial charge in [-0.05, 0) is 38.6 Å². The number of hydrogen-bond donors (Lipinski definition) is 2. The molecule has 18 heavy (non-hydrogen) atoms. The van der Waals surface area contributed by atoms with Gasteiger partial charge >= 0.3 is 5.97 Å². The van der Waals surface area contributed by atoms with Crippen LogP contribution in [0, 0.1) is 0 Å². The third-order valence-electron chi connectivity index (χ3n) is 3.93. The Kier molecular flexibility index (Phi) is 6.65. The van der Waals surface area contributed by atoms with Crippen molar-refractivity contribution in [3.05, 3.63) is 0 Å². The van der Waals surface area contributed by atoms with Crippen molar-refractivity contribution in [2.45, 2.75) is 70.4 Å². The lowest BCUT2D eigenvalue weighted by molar-refractivity contribution is -0.145. The van der Waals surface area contributed by atoms with Crippen molar-refractivity contribution in [3.63, 3.8) is 0 Å². The van der Waals surface area contributed by atoms with Gasteiger partial charge in [-0.15, -0.1) is 0 Å². The van der Waals surface area contributed by atoms with Crippen molar-refractivity contribution < 1.29 is 14.6 Å². The fourth-order valence-electron chi connectivity index (χ4n) is 2.74. The molecule has 4 nitrogen and oxygen atoms in total. The Morgan fingerprint density at radius 1 is 1.39 bits per heavy atom. The molecule has 0 aromatic rings. The molecular formula is C14H27NO3. The first-order valence-corrected chi connectivity index (χ1v) is 7.24. The van der Waals surface area contributed by atoms with E-state index >= 15 is 0 Å². The number of hydrogen-bond acceptors (Lipinski definition) is 3. The van der Waals surface area contributed by atoms with E-state index < -0.39 is 11.5 Å². The molecule has 4 heteroatoms. The van der Waals surface area contributed by atoms with Crippen LogP contribution < -0.4 is 5.32 Å². The van der Waals surface area contributed by atoms with E-state index in [2.05, 4.69) is 5.32 Å². The average Bonchev–Trinajstić information content (AvgIpc) is 2.86. The van der Waals surface area contributed by atoms with Gasteiger partial charge in [-0.25, -0.2) is 0 Å². The van der Waals surface area contributed by atoms with Crippen LogP contribution in [0.15, 0.2) is 0 Å². The molecule has 0 amide bonds. The van der Waals surface area contributed by atoms with Crippen LogP contribution >= 0.6 is 0 Å². The van der Waals surface area contributed by atoms with Gasteiger partial charge < -0.3 is 15.2 Å².